The highest BCUT2D eigenvalue weighted by Crippen LogP contribution is 2.30. The minimum absolute atomic E-state index is 0.219. The number of halogens is 1. The van der Waals surface area contributed by atoms with E-state index in [-0.39, 0.29) is 12.0 Å². The van der Waals surface area contributed by atoms with Gasteiger partial charge in [-0.3, -0.25) is 4.90 Å². The van der Waals surface area contributed by atoms with E-state index in [0.29, 0.717) is 6.54 Å². The lowest BCUT2D eigenvalue weighted by molar-refractivity contribution is 0.133. The SMILES string of the molecule is CC(c1ccccc1Cl)N1CCCC(CNS(N)(=O)=O)C1. The van der Waals surface area contributed by atoms with Crippen molar-refractivity contribution >= 4 is 21.8 Å². The Morgan fingerprint density at radius 2 is 2.19 bits per heavy atom. The van der Waals surface area contributed by atoms with E-state index < -0.39 is 10.2 Å². The lowest BCUT2D eigenvalue weighted by Crippen LogP contribution is -2.43. The third-order valence-corrected chi connectivity index (χ3v) is 4.94. The van der Waals surface area contributed by atoms with Crippen LogP contribution in [0.3, 0.4) is 0 Å². The first kappa shape index (κ1) is 16.7. The Kier molecular flexibility index (Phi) is 5.62. The summed E-state index contributed by atoms with van der Waals surface area (Å²) in [6, 6.07) is 8.07. The lowest BCUT2D eigenvalue weighted by Gasteiger charge is -2.37. The topological polar surface area (TPSA) is 75.4 Å². The standard InChI is InChI=1S/C14H22ClN3O2S/c1-11(13-6-2-3-7-14(13)15)18-8-4-5-12(10-18)9-17-21(16,19)20/h2-3,6-7,11-12,17H,4-5,8-10H2,1H3,(H2,16,19,20). The number of hydrogen-bond acceptors (Lipinski definition) is 3. The Balaban J connectivity index is 1.99. The minimum Gasteiger partial charge on any atom is -0.296 e. The highest BCUT2D eigenvalue weighted by atomic mass is 35.5. The second kappa shape index (κ2) is 7.07. The fourth-order valence-electron chi connectivity index (χ4n) is 2.86. The molecule has 5 nitrogen and oxygen atoms in total. The van der Waals surface area contributed by atoms with Crippen molar-refractivity contribution in [3.8, 4) is 0 Å². The van der Waals surface area contributed by atoms with E-state index in [1.165, 1.54) is 0 Å². The molecule has 0 bridgehead atoms. The maximum atomic E-state index is 11.0. The second-order valence-corrected chi connectivity index (χ2v) is 7.38. The largest absolute Gasteiger partial charge is 0.296 e. The van der Waals surface area contributed by atoms with Gasteiger partial charge in [0.2, 0.25) is 0 Å². The first-order valence-electron chi connectivity index (χ1n) is 7.12. The maximum Gasteiger partial charge on any atom is 0.274 e. The molecule has 2 rings (SSSR count). The molecule has 1 heterocycles. The van der Waals surface area contributed by atoms with E-state index in [1.54, 1.807) is 0 Å². The van der Waals surface area contributed by atoms with E-state index in [1.807, 2.05) is 24.3 Å². The zero-order valence-electron chi connectivity index (χ0n) is 12.1. The van der Waals surface area contributed by atoms with Crippen LogP contribution >= 0.6 is 11.6 Å². The smallest absolute Gasteiger partial charge is 0.274 e. The van der Waals surface area contributed by atoms with Crippen molar-refractivity contribution in [3.63, 3.8) is 0 Å². The normalized spacial score (nSPS) is 22.1. The summed E-state index contributed by atoms with van der Waals surface area (Å²) < 4.78 is 24.4. The summed E-state index contributed by atoms with van der Waals surface area (Å²) in [5, 5.41) is 5.76. The van der Waals surface area contributed by atoms with Crippen molar-refractivity contribution in [3.05, 3.63) is 34.9 Å². The Labute approximate surface area is 131 Å². The van der Waals surface area contributed by atoms with Crippen LogP contribution in [0, 0.1) is 5.92 Å². The molecule has 118 valence electrons. The van der Waals surface area contributed by atoms with Crippen LogP contribution in [0.4, 0.5) is 0 Å². The van der Waals surface area contributed by atoms with Crippen molar-refractivity contribution in [2.24, 2.45) is 11.1 Å². The van der Waals surface area contributed by atoms with Gasteiger partial charge in [-0.2, -0.15) is 8.42 Å². The summed E-state index contributed by atoms with van der Waals surface area (Å²) in [6.45, 7) is 4.37. The number of benzene rings is 1. The molecule has 1 aromatic rings. The maximum absolute atomic E-state index is 11.0. The molecule has 0 saturated carbocycles. The average molecular weight is 332 g/mol. The molecule has 1 aliphatic rings. The molecule has 21 heavy (non-hydrogen) atoms. The number of piperidine rings is 1. The van der Waals surface area contributed by atoms with Gasteiger partial charge >= 0.3 is 0 Å². The number of likely N-dealkylation sites (tertiary alicyclic amines) is 1. The minimum atomic E-state index is -3.61. The number of nitrogens with one attached hydrogen (secondary N) is 1. The fourth-order valence-corrected chi connectivity index (χ4v) is 3.62. The highest BCUT2D eigenvalue weighted by Gasteiger charge is 2.25. The van der Waals surface area contributed by atoms with Gasteiger partial charge in [0.05, 0.1) is 0 Å². The third-order valence-electron chi connectivity index (χ3n) is 4.03. The van der Waals surface area contributed by atoms with Gasteiger partial charge < -0.3 is 0 Å². The molecular formula is C14H22ClN3O2S. The second-order valence-electron chi connectivity index (χ2n) is 5.59. The zero-order chi connectivity index (χ0) is 15.5. The summed E-state index contributed by atoms with van der Waals surface area (Å²) in [4.78, 5) is 2.35. The molecule has 0 amide bonds. The summed E-state index contributed by atoms with van der Waals surface area (Å²) in [5.41, 5.74) is 1.11. The molecule has 1 aromatic carbocycles. The van der Waals surface area contributed by atoms with Crippen molar-refractivity contribution < 1.29 is 8.42 Å². The summed E-state index contributed by atoms with van der Waals surface area (Å²) in [7, 11) is -3.61. The lowest BCUT2D eigenvalue weighted by atomic mass is 9.95. The van der Waals surface area contributed by atoms with Gasteiger partial charge in [0.25, 0.3) is 10.2 Å². The fraction of sp³-hybridized carbons (Fsp3) is 0.571. The molecular weight excluding hydrogens is 310 g/mol. The number of hydrogen-bond donors (Lipinski definition) is 2. The average Bonchev–Trinajstić information content (AvgIpc) is 2.44. The van der Waals surface area contributed by atoms with E-state index in [2.05, 4.69) is 16.5 Å². The van der Waals surface area contributed by atoms with Crippen LogP contribution in [-0.2, 0) is 10.2 Å². The molecule has 1 saturated heterocycles. The van der Waals surface area contributed by atoms with Gasteiger partial charge in [0.15, 0.2) is 0 Å². The van der Waals surface area contributed by atoms with Crippen molar-refractivity contribution in [2.45, 2.75) is 25.8 Å². The van der Waals surface area contributed by atoms with E-state index in [0.717, 1.165) is 36.5 Å². The van der Waals surface area contributed by atoms with Gasteiger partial charge in [-0.1, -0.05) is 29.8 Å². The van der Waals surface area contributed by atoms with Crippen LogP contribution in [0.2, 0.25) is 5.02 Å². The molecule has 3 N–H and O–H groups in total. The predicted molar refractivity (Wildman–Crippen MR) is 85.3 cm³/mol. The first-order chi connectivity index (χ1) is 9.87. The van der Waals surface area contributed by atoms with Gasteiger partial charge in [0.1, 0.15) is 0 Å². The molecule has 0 aromatic heterocycles. The Morgan fingerprint density at radius 3 is 2.86 bits per heavy atom. The van der Waals surface area contributed by atoms with E-state index >= 15 is 0 Å². The summed E-state index contributed by atoms with van der Waals surface area (Å²) in [6.07, 6.45) is 2.06. The number of nitrogens with two attached hydrogens (primary N) is 1. The third kappa shape index (κ3) is 4.93. The van der Waals surface area contributed by atoms with Crippen LogP contribution in [0.15, 0.2) is 24.3 Å². The van der Waals surface area contributed by atoms with Gasteiger partial charge in [-0.25, -0.2) is 9.86 Å². The summed E-state index contributed by atoms with van der Waals surface area (Å²) >= 11 is 6.26. The highest BCUT2D eigenvalue weighted by molar-refractivity contribution is 7.87. The number of rotatable bonds is 5. The van der Waals surface area contributed by atoms with Crippen LogP contribution in [0.1, 0.15) is 31.4 Å². The van der Waals surface area contributed by atoms with Crippen molar-refractivity contribution in [2.75, 3.05) is 19.6 Å². The van der Waals surface area contributed by atoms with Crippen molar-refractivity contribution in [1.29, 1.82) is 0 Å². The zero-order valence-corrected chi connectivity index (χ0v) is 13.7. The number of nitrogens with zero attached hydrogens (tertiary/aromatic N) is 1. The van der Waals surface area contributed by atoms with Crippen LogP contribution in [-0.4, -0.2) is 33.0 Å². The van der Waals surface area contributed by atoms with Crippen LogP contribution in [0.5, 0.6) is 0 Å². The molecule has 7 heteroatoms. The van der Waals surface area contributed by atoms with Crippen molar-refractivity contribution in [1.82, 2.24) is 9.62 Å². The molecule has 1 fully saturated rings. The molecule has 0 aliphatic carbocycles. The Hall–Kier alpha value is -0.660. The Bertz CT molecular complexity index is 579. The van der Waals surface area contributed by atoms with Crippen LogP contribution in [0.25, 0.3) is 0 Å². The van der Waals surface area contributed by atoms with Crippen LogP contribution < -0.4 is 9.86 Å². The molecule has 0 radical (unpaired) electrons. The van der Waals surface area contributed by atoms with E-state index in [4.69, 9.17) is 16.7 Å². The quantitative estimate of drug-likeness (QED) is 0.865. The first-order valence-corrected chi connectivity index (χ1v) is 9.05. The predicted octanol–water partition coefficient (Wildman–Crippen LogP) is 1.91. The molecule has 2 atom stereocenters. The van der Waals surface area contributed by atoms with Gasteiger partial charge in [-0.15, -0.1) is 0 Å². The molecule has 2 unspecified atom stereocenters. The molecule has 0 spiro atoms. The van der Waals surface area contributed by atoms with Gasteiger partial charge in [-0.05, 0) is 43.9 Å². The van der Waals surface area contributed by atoms with Gasteiger partial charge in [0, 0.05) is 24.2 Å². The summed E-state index contributed by atoms with van der Waals surface area (Å²) in [5.74, 6) is 0.280. The molecule has 1 aliphatic heterocycles. The Morgan fingerprint density at radius 1 is 1.48 bits per heavy atom. The monoisotopic (exact) mass is 331 g/mol. The van der Waals surface area contributed by atoms with E-state index in [9.17, 15) is 8.42 Å².